The highest BCUT2D eigenvalue weighted by atomic mass is 16.2. The number of carbonyl (C=O) groups excluding carboxylic acids is 2. The Kier molecular flexibility index (Phi) is 3.83. The number of fused-ring (bicyclic) bond motifs is 6. The Labute approximate surface area is 162 Å². The Morgan fingerprint density at radius 2 is 1.43 bits per heavy atom. The second-order valence-corrected chi connectivity index (χ2v) is 7.01. The van der Waals surface area contributed by atoms with Crippen LogP contribution in [0.25, 0.3) is 16.7 Å². The highest BCUT2D eigenvalue weighted by molar-refractivity contribution is 6.02. The molecule has 4 nitrogen and oxygen atoms in total. The molecule has 4 heteroatoms. The molecule has 1 heterocycles. The van der Waals surface area contributed by atoms with Crippen LogP contribution in [0.3, 0.4) is 0 Å². The number of carbonyl (C=O) groups is 2. The first-order valence-electron chi connectivity index (χ1n) is 9.29. The zero-order chi connectivity index (χ0) is 19.1. The molecule has 28 heavy (non-hydrogen) atoms. The summed E-state index contributed by atoms with van der Waals surface area (Å²) in [4.78, 5) is 25.3. The van der Waals surface area contributed by atoms with E-state index < -0.39 is 6.04 Å². The molecule has 1 aliphatic heterocycles. The molecule has 0 spiro atoms. The van der Waals surface area contributed by atoms with Gasteiger partial charge in [-0.2, -0.15) is 0 Å². The van der Waals surface area contributed by atoms with Crippen molar-refractivity contribution in [1.29, 1.82) is 0 Å². The summed E-state index contributed by atoms with van der Waals surface area (Å²) >= 11 is 0. The van der Waals surface area contributed by atoms with Gasteiger partial charge in [-0.15, -0.1) is 0 Å². The van der Waals surface area contributed by atoms with E-state index >= 15 is 0 Å². The average Bonchev–Trinajstić information content (AvgIpc) is 2.75. The average molecular weight is 366 g/mol. The lowest BCUT2D eigenvalue weighted by Gasteiger charge is -2.36. The van der Waals surface area contributed by atoms with Gasteiger partial charge in [-0.05, 0) is 46.0 Å². The molecular weight excluding hydrogens is 348 g/mol. The van der Waals surface area contributed by atoms with Crippen LogP contribution in [0.2, 0.25) is 0 Å². The van der Waals surface area contributed by atoms with Gasteiger partial charge in [0.15, 0.2) is 0 Å². The second kappa shape index (κ2) is 6.50. The number of hydrogen-bond acceptors (Lipinski definition) is 2. The number of hydrogen-bond donors (Lipinski definition) is 2. The summed E-state index contributed by atoms with van der Waals surface area (Å²) in [6.45, 7) is 0. The van der Waals surface area contributed by atoms with Crippen LogP contribution in [0.5, 0.6) is 0 Å². The summed E-state index contributed by atoms with van der Waals surface area (Å²) in [6, 6.07) is 24.3. The van der Waals surface area contributed by atoms with Gasteiger partial charge in [-0.3, -0.25) is 9.59 Å². The zero-order valence-electron chi connectivity index (χ0n) is 15.1. The molecule has 0 fully saturated rings. The van der Waals surface area contributed by atoms with E-state index in [-0.39, 0.29) is 17.9 Å². The van der Waals surface area contributed by atoms with Gasteiger partial charge < -0.3 is 10.6 Å². The molecule has 2 aliphatic rings. The van der Waals surface area contributed by atoms with Gasteiger partial charge in [0.2, 0.25) is 5.91 Å². The maximum absolute atomic E-state index is 12.8. The van der Waals surface area contributed by atoms with E-state index in [0.717, 1.165) is 27.8 Å². The van der Waals surface area contributed by atoms with Crippen molar-refractivity contribution in [3.63, 3.8) is 0 Å². The number of rotatable bonds is 2. The zero-order valence-corrected chi connectivity index (χ0v) is 15.1. The molecule has 2 N–H and O–H groups in total. The molecule has 136 valence electrons. The third kappa shape index (κ3) is 2.62. The van der Waals surface area contributed by atoms with Gasteiger partial charge >= 0.3 is 0 Å². The van der Waals surface area contributed by atoms with Crippen LogP contribution in [0.15, 0.2) is 84.9 Å². The lowest BCUT2D eigenvalue weighted by molar-refractivity contribution is -0.122. The van der Waals surface area contributed by atoms with Crippen molar-refractivity contribution in [3.8, 4) is 11.1 Å². The smallest absolute Gasteiger partial charge is 0.252 e. The molecule has 2 amide bonds. The van der Waals surface area contributed by atoms with Crippen molar-refractivity contribution in [2.45, 2.75) is 12.1 Å². The molecular formula is C24H18N2O2. The van der Waals surface area contributed by atoms with Gasteiger partial charge in [0.25, 0.3) is 5.91 Å². The first-order valence-corrected chi connectivity index (χ1v) is 9.29. The summed E-state index contributed by atoms with van der Waals surface area (Å²) in [6.07, 6.45) is 1.89. The van der Waals surface area contributed by atoms with E-state index in [1.807, 2.05) is 42.5 Å². The molecule has 0 saturated carbocycles. The van der Waals surface area contributed by atoms with Crippen LogP contribution in [0, 0.1) is 0 Å². The maximum atomic E-state index is 12.8. The van der Waals surface area contributed by atoms with Gasteiger partial charge in [-0.1, -0.05) is 66.7 Å². The normalized spacial score (nSPS) is 19.4. The summed E-state index contributed by atoms with van der Waals surface area (Å²) in [7, 11) is 0. The minimum absolute atomic E-state index is 0.202. The van der Waals surface area contributed by atoms with Crippen molar-refractivity contribution in [2.75, 3.05) is 0 Å². The van der Waals surface area contributed by atoms with Crippen molar-refractivity contribution in [3.05, 3.63) is 102 Å². The van der Waals surface area contributed by atoms with Crippen LogP contribution in [0.1, 0.15) is 27.5 Å². The molecule has 1 aliphatic carbocycles. The predicted molar refractivity (Wildman–Crippen MR) is 108 cm³/mol. The number of benzene rings is 3. The minimum atomic E-state index is -0.711. The van der Waals surface area contributed by atoms with E-state index in [1.165, 1.54) is 0 Å². The van der Waals surface area contributed by atoms with Crippen molar-refractivity contribution >= 4 is 17.4 Å². The summed E-state index contributed by atoms with van der Waals surface area (Å²) in [5.41, 5.74) is 5.99. The number of amides is 2. The second-order valence-electron chi connectivity index (χ2n) is 7.01. The van der Waals surface area contributed by atoms with Crippen LogP contribution >= 0.6 is 0 Å². The molecule has 2 atom stereocenters. The highest BCUT2D eigenvalue weighted by Gasteiger charge is 2.36. The standard InChI is InChI=1S/C24H18N2O2/c27-23(15-8-2-1-3-9-15)25-21-14-20-18-12-5-4-10-16(18)17-11-6-7-13-19(17)22(20)26-24(21)28/h1-14,21-22H,(H,25,27)(H,26,28)/t21-,22-/m0/s1. The van der Waals surface area contributed by atoms with E-state index in [2.05, 4.69) is 28.8 Å². The molecule has 0 bridgehead atoms. The Morgan fingerprint density at radius 3 is 2.21 bits per heavy atom. The van der Waals surface area contributed by atoms with E-state index in [4.69, 9.17) is 0 Å². The van der Waals surface area contributed by atoms with E-state index in [9.17, 15) is 9.59 Å². The Bertz CT molecular complexity index is 1120. The fraction of sp³-hybridized carbons (Fsp3) is 0.0833. The van der Waals surface area contributed by atoms with Crippen molar-refractivity contribution < 1.29 is 9.59 Å². The Balaban J connectivity index is 1.56. The molecule has 3 aromatic carbocycles. The third-order valence-electron chi connectivity index (χ3n) is 5.35. The largest absolute Gasteiger partial charge is 0.343 e. The maximum Gasteiger partial charge on any atom is 0.252 e. The summed E-state index contributed by atoms with van der Waals surface area (Å²) in [5.74, 6) is -0.465. The lowest BCUT2D eigenvalue weighted by Crippen LogP contribution is -2.50. The quantitative estimate of drug-likeness (QED) is 0.726. The molecule has 3 aromatic rings. The summed E-state index contributed by atoms with van der Waals surface area (Å²) in [5, 5.41) is 5.95. The molecule has 0 unspecified atom stereocenters. The molecule has 0 saturated heterocycles. The van der Waals surface area contributed by atoms with Crippen LogP contribution in [-0.2, 0) is 4.79 Å². The topological polar surface area (TPSA) is 58.2 Å². The SMILES string of the molecule is O=C(N[C@H]1C=C2c3ccccc3-c3ccccc3[C@@H]2NC1=O)c1ccccc1. The van der Waals surface area contributed by atoms with Crippen molar-refractivity contribution in [1.82, 2.24) is 10.6 Å². The summed E-state index contributed by atoms with van der Waals surface area (Å²) < 4.78 is 0. The fourth-order valence-electron chi connectivity index (χ4n) is 4.04. The van der Waals surface area contributed by atoms with Crippen LogP contribution < -0.4 is 10.6 Å². The molecule has 5 rings (SSSR count). The minimum Gasteiger partial charge on any atom is -0.343 e. The molecule has 0 radical (unpaired) electrons. The van der Waals surface area contributed by atoms with Gasteiger partial charge in [0.05, 0.1) is 6.04 Å². The van der Waals surface area contributed by atoms with E-state index in [0.29, 0.717) is 5.56 Å². The first kappa shape index (κ1) is 16.5. The fourth-order valence-corrected chi connectivity index (χ4v) is 4.04. The van der Waals surface area contributed by atoms with E-state index in [1.54, 1.807) is 24.3 Å². The Hall–Kier alpha value is -3.66. The van der Waals surface area contributed by atoms with Gasteiger partial charge in [0, 0.05) is 5.56 Å². The Morgan fingerprint density at radius 1 is 0.786 bits per heavy atom. The third-order valence-corrected chi connectivity index (χ3v) is 5.35. The van der Waals surface area contributed by atoms with Gasteiger partial charge in [-0.25, -0.2) is 0 Å². The predicted octanol–water partition coefficient (Wildman–Crippen LogP) is 3.72. The molecule has 0 aromatic heterocycles. The first-order chi connectivity index (χ1) is 13.7. The lowest BCUT2D eigenvalue weighted by atomic mass is 9.77. The highest BCUT2D eigenvalue weighted by Crippen LogP contribution is 2.46. The monoisotopic (exact) mass is 366 g/mol. The van der Waals surface area contributed by atoms with Crippen molar-refractivity contribution in [2.24, 2.45) is 0 Å². The number of nitrogens with one attached hydrogen (secondary N) is 2. The van der Waals surface area contributed by atoms with Crippen LogP contribution in [-0.4, -0.2) is 17.9 Å². The van der Waals surface area contributed by atoms with Crippen LogP contribution in [0.4, 0.5) is 0 Å². The van der Waals surface area contributed by atoms with Gasteiger partial charge in [0.1, 0.15) is 6.04 Å².